The number of amides is 6. The summed E-state index contributed by atoms with van der Waals surface area (Å²) in [6.45, 7) is -0.0831. The Morgan fingerprint density at radius 1 is 0.527 bits per heavy atom. The molecule has 1 aromatic heterocycles. The summed E-state index contributed by atoms with van der Waals surface area (Å²) in [5.74, 6) is -9.96. The second kappa shape index (κ2) is 25.0. The van der Waals surface area contributed by atoms with Crippen molar-refractivity contribution < 1.29 is 33.9 Å². The smallest absolute Gasteiger partial charge is 0.271 e. The summed E-state index contributed by atoms with van der Waals surface area (Å²) in [7, 11) is 3.76. The van der Waals surface area contributed by atoms with Crippen LogP contribution in [-0.2, 0) is 35.3 Å². The Morgan fingerprint density at radius 3 is 1.46 bits per heavy atom. The van der Waals surface area contributed by atoms with Gasteiger partial charge in [0.1, 0.15) is 11.9 Å². The van der Waals surface area contributed by atoms with E-state index in [1.165, 1.54) is 17.0 Å². The van der Waals surface area contributed by atoms with Crippen LogP contribution in [0.2, 0.25) is 0 Å². The number of aromatic nitrogens is 2. The van der Waals surface area contributed by atoms with E-state index in [4.69, 9.17) is 61.6 Å². The van der Waals surface area contributed by atoms with E-state index in [0.717, 1.165) is 5.69 Å². The molecule has 1 heterocycles. The Bertz CT molecular complexity index is 2940. The van der Waals surface area contributed by atoms with Crippen LogP contribution in [0.1, 0.15) is 17.2 Å². The Balaban J connectivity index is 1.48. The molecule has 6 amide bonds. The molecule has 6 atom stereocenters. The lowest BCUT2D eigenvalue weighted by Gasteiger charge is -2.31. The summed E-state index contributed by atoms with van der Waals surface area (Å²) in [6.07, 6.45) is -10.3. The molecular formula is C45H56N22O7. The van der Waals surface area contributed by atoms with Crippen molar-refractivity contribution in [2.24, 2.45) is 71.6 Å². The third-order valence-electron chi connectivity index (χ3n) is 10.1. The van der Waals surface area contributed by atoms with Crippen molar-refractivity contribution in [3.8, 4) is 11.4 Å². The molecule has 29 nitrogen and oxygen atoms in total. The van der Waals surface area contributed by atoms with Crippen molar-refractivity contribution in [1.82, 2.24) is 36.6 Å². The minimum absolute atomic E-state index is 0.0831. The van der Waals surface area contributed by atoms with Crippen molar-refractivity contribution in [2.75, 3.05) is 23.9 Å². The van der Waals surface area contributed by atoms with Gasteiger partial charge in [0.05, 0.1) is 5.52 Å². The molecule has 5 aromatic rings. The van der Waals surface area contributed by atoms with Crippen molar-refractivity contribution in [2.45, 2.75) is 43.5 Å². The fourth-order valence-corrected chi connectivity index (χ4v) is 6.76. The zero-order valence-corrected chi connectivity index (χ0v) is 39.7. The van der Waals surface area contributed by atoms with E-state index >= 15 is 0 Å². The molecule has 0 aliphatic rings. The fourth-order valence-electron chi connectivity index (χ4n) is 6.76. The van der Waals surface area contributed by atoms with E-state index in [-0.39, 0.29) is 17.9 Å². The van der Waals surface area contributed by atoms with Crippen LogP contribution < -0.4 is 88.0 Å². The summed E-state index contributed by atoms with van der Waals surface area (Å²) in [5, 5.41) is 23.8. The number of nitrogens with two attached hydrogens (primary N) is 9. The van der Waals surface area contributed by atoms with Crippen molar-refractivity contribution in [1.29, 1.82) is 0 Å². The first-order chi connectivity index (χ1) is 35.1. The third kappa shape index (κ3) is 15.1. The SMILES string of the molecule is CN(C)c1ccc(CN(c2nc(-c3ccccc3)nc3ccccc23)C(O)C(=O)NC(C(=O)NC(N=C(N)N)C(=O)NC(N=C(N)N)C(=O)NC(N=C(N)N)C(=O)NC(N=C(N)N)C(N)=O)c2ccccc2)cc1. The highest BCUT2D eigenvalue weighted by Crippen LogP contribution is 2.30. The van der Waals surface area contributed by atoms with Crippen molar-refractivity contribution in [3.63, 3.8) is 0 Å². The number of para-hydroxylation sites is 1. The van der Waals surface area contributed by atoms with E-state index in [1.807, 2.05) is 78.9 Å². The maximum absolute atomic E-state index is 14.6. The lowest BCUT2D eigenvalue weighted by Crippen LogP contribution is -2.58. The Morgan fingerprint density at radius 2 is 0.973 bits per heavy atom. The van der Waals surface area contributed by atoms with Crippen LogP contribution in [0.15, 0.2) is 129 Å². The molecule has 24 N–H and O–H groups in total. The maximum atomic E-state index is 14.6. The average Bonchev–Trinajstić information content (AvgIpc) is 3.35. The van der Waals surface area contributed by atoms with Crippen LogP contribution in [0.25, 0.3) is 22.3 Å². The zero-order chi connectivity index (χ0) is 54.2. The maximum Gasteiger partial charge on any atom is 0.271 e. The van der Waals surface area contributed by atoms with Gasteiger partial charge in [0.25, 0.3) is 29.5 Å². The molecule has 5 rings (SSSR count). The molecule has 74 heavy (non-hydrogen) atoms. The van der Waals surface area contributed by atoms with Gasteiger partial charge in [0, 0.05) is 37.3 Å². The van der Waals surface area contributed by atoms with Crippen LogP contribution in [-0.4, -0.2) is 119 Å². The van der Waals surface area contributed by atoms with E-state index in [0.29, 0.717) is 27.9 Å². The van der Waals surface area contributed by atoms with Crippen LogP contribution in [0, 0.1) is 0 Å². The molecule has 0 spiro atoms. The van der Waals surface area contributed by atoms with Gasteiger partial charge in [0.15, 0.2) is 29.7 Å². The van der Waals surface area contributed by atoms with Gasteiger partial charge in [0.2, 0.25) is 36.8 Å². The lowest BCUT2D eigenvalue weighted by atomic mass is 10.1. The van der Waals surface area contributed by atoms with Gasteiger partial charge in [-0.15, -0.1) is 0 Å². The van der Waals surface area contributed by atoms with Gasteiger partial charge in [-0.1, -0.05) is 84.9 Å². The topological polar surface area (TPSA) is 499 Å². The van der Waals surface area contributed by atoms with Gasteiger partial charge in [-0.2, -0.15) is 0 Å². The first-order valence-electron chi connectivity index (χ1n) is 21.9. The van der Waals surface area contributed by atoms with Gasteiger partial charge in [-0.05, 0) is 35.4 Å². The number of nitrogens with one attached hydrogen (secondary N) is 5. The van der Waals surface area contributed by atoms with Crippen molar-refractivity contribution >= 4 is 81.7 Å². The number of hydrogen-bond acceptors (Lipinski definition) is 15. The first-order valence-corrected chi connectivity index (χ1v) is 21.9. The number of nitrogens with zero attached hydrogens (tertiary/aromatic N) is 8. The summed E-state index contributed by atoms with van der Waals surface area (Å²) in [6, 6.07) is 29.5. The van der Waals surface area contributed by atoms with Gasteiger partial charge < -0.3 is 93.1 Å². The second-order valence-corrected chi connectivity index (χ2v) is 15.9. The van der Waals surface area contributed by atoms with Gasteiger partial charge >= 0.3 is 0 Å². The molecule has 29 heteroatoms. The fraction of sp³-hybridized carbons (Fsp3) is 0.200. The number of aliphatic hydroxyl groups is 1. The molecule has 388 valence electrons. The number of guanidine groups is 4. The van der Waals surface area contributed by atoms with Crippen LogP contribution in [0.5, 0.6) is 0 Å². The van der Waals surface area contributed by atoms with Crippen LogP contribution in [0.4, 0.5) is 11.5 Å². The number of benzene rings is 4. The highest BCUT2D eigenvalue weighted by atomic mass is 16.3. The van der Waals surface area contributed by atoms with Crippen LogP contribution in [0.3, 0.4) is 0 Å². The lowest BCUT2D eigenvalue weighted by molar-refractivity contribution is -0.136. The number of anilines is 2. The number of carbonyl (C=O) groups is 6. The summed E-state index contributed by atoms with van der Waals surface area (Å²) < 4.78 is 0. The van der Waals surface area contributed by atoms with E-state index in [1.54, 1.807) is 42.5 Å². The largest absolute Gasteiger partial charge is 0.378 e. The zero-order valence-electron chi connectivity index (χ0n) is 39.7. The van der Waals surface area contributed by atoms with Gasteiger partial charge in [-0.3, -0.25) is 28.8 Å². The van der Waals surface area contributed by atoms with E-state index < -0.39 is 96.2 Å². The minimum atomic E-state index is -2.15. The summed E-state index contributed by atoms with van der Waals surface area (Å²) >= 11 is 0. The minimum Gasteiger partial charge on any atom is -0.378 e. The number of aliphatic imine (C=N–C) groups is 4. The molecule has 0 aliphatic heterocycles. The number of primary amides is 1. The molecular weight excluding hydrogens is 961 g/mol. The molecule has 0 aliphatic carbocycles. The number of rotatable bonds is 22. The molecule has 6 unspecified atom stereocenters. The highest BCUT2D eigenvalue weighted by molar-refractivity contribution is 5.99. The molecule has 0 saturated carbocycles. The van der Waals surface area contributed by atoms with E-state index in [9.17, 15) is 33.9 Å². The highest BCUT2D eigenvalue weighted by Gasteiger charge is 2.35. The first kappa shape index (κ1) is 54.6. The molecule has 0 bridgehead atoms. The predicted molar refractivity (Wildman–Crippen MR) is 275 cm³/mol. The third-order valence-corrected chi connectivity index (χ3v) is 10.1. The Labute approximate surface area is 421 Å². The Kier molecular flexibility index (Phi) is 18.4. The quantitative estimate of drug-likeness (QED) is 0.0175. The van der Waals surface area contributed by atoms with Gasteiger partial charge in [-0.25, -0.2) is 29.9 Å². The average molecular weight is 1020 g/mol. The molecule has 0 fully saturated rings. The molecule has 4 aromatic carbocycles. The predicted octanol–water partition coefficient (Wildman–Crippen LogP) is -5.11. The number of aliphatic hydroxyl groups excluding tert-OH is 1. The second-order valence-electron chi connectivity index (χ2n) is 15.9. The van der Waals surface area contributed by atoms with Crippen LogP contribution >= 0.6 is 0 Å². The normalized spacial score (nSPS) is 13.1. The monoisotopic (exact) mass is 1020 g/mol. The number of carbonyl (C=O) groups excluding carboxylic acids is 6. The molecule has 0 radical (unpaired) electrons. The Hall–Kier alpha value is -10.3. The standard InChI is InChI=1S/C45H56N22O7/c1-66(2)25-19-17-22(18-20-25)21-67(35-26-15-9-10-16-27(26)55-30(57-35)24-13-7-4-8-14-24)41(74)40(73)56-28(23-11-5-3-6-12-23)36(69)59-32(63-43(49)50)38(71)61-34(65-45(53)54)39(72)60-33(64-44(51)52)37(70)58-31(29(46)68)62-42(47)48/h3-20,28,31-34,41,74H,21H2,1-2H3,(H2,46,68)(H,56,73)(H,58,70)(H,59,69)(H,60,72)(H,61,71)(H4,47,48,62)(H4,49,50,63)(H4,51,52,64)(H4,53,54,65). The molecule has 0 saturated heterocycles. The number of hydrogen-bond donors (Lipinski definition) is 15. The summed E-state index contributed by atoms with van der Waals surface area (Å²) in [4.78, 5) is 109. The van der Waals surface area contributed by atoms with E-state index in [2.05, 4.69) is 41.2 Å². The van der Waals surface area contributed by atoms with Crippen molar-refractivity contribution in [3.05, 3.63) is 120 Å². The summed E-state index contributed by atoms with van der Waals surface area (Å²) in [5.41, 5.74) is 52.1. The number of fused-ring (bicyclic) bond motifs is 1.